The molecular weight excluding hydrogens is 256 g/mol. The molecule has 1 aromatic heterocycles. The molecule has 2 aliphatic rings. The Labute approximate surface area is 117 Å². The summed E-state index contributed by atoms with van der Waals surface area (Å²) in [6.07, 6.45) is 5.25. The number of hydrogen-bond donors (Lipinski definition) is 1. The first kappa shape index (κ1) is 13.0. The summed E-state index contributed by atoms with van der Waals surface area (Å²) in [6, 6.07) is 1.67. The van der Waals surface area contributed by atoms with Crippen LogP contribution >= 0.6 is 0 Å². The highest BCUT2D eigenvalue weighted by Gasteiger charge is 2.35. The van der Waals surface area contributed by atoms with Crippen LogP contribution in [0.3, 0.4) is 0 Å². The van der Waals surface area contributed by atoms with Crippen molar-refractivity contribution in [3.63, 3.8) is 0 Å². The van der Waals surface area contributed by atoms with Crippen LogP contribution in [0.2, 0.25) is 0 Å². The van der Waals surface area contributed by atoms with E-state index in [0.29, 0.717) is 5.91 Å². The molecule has 2 fully saturated rings. The zero-order valence-electron chi connectivity index (χ0n) is 11.3. The van der Waals surface area contributed by atoms with Crippen molar-refractivity contribution in [1.82, 2.24) is 14.9 Å². The van der Waals surface area contributed by atoms with Crippen molar-refractivity contribution in [2.24, 2.45) is 11.7 Å². The number of nitrogens with two attached hydrogens (primary N) is 1. The molecule has 0 bridgehead atoms. The molecule has 6 heteroatoms. The van der Waals surface area contributed by atoms with Gasteiger partial charge in [-0.2, -0.15) is 0 Å². The Bertz CT molecular complexity index is 534. The summed E-state index contributed by atoms with van der Waals surface area (Å²) < 4.78 is 0. The quantitative estimate of drug-likeness (QED) is 0.878. The Morgan fingerprint density at radius 2 is 1.85 bits per heavy atom. The van der Waals surface area contributed by atoms with Crippen LogP contribution in [0.4, 0.5) is 0 Å². The lowest BCUT2D eigenvalue weighted by Crippen LogP contribution is -2.39. The molecule has 1 aromatic rings. The first-order valence-electron chi connectivity index (χ1n) is 7.05. The molecule has 3 rings (SSSR count). The molecule has 1 saturated carbocycles. The Kier molecular flexibility index (Phi) is 3.38. The second-order valence-corrected chi connectivity index (χ2v) is 5.57. The van der Waals surface area contributed by atoms with Gasteiger partial charge in [-0.1, -0.05) is 0 Å². The smallest absolute Gasteiger partial charge is 0.267 e. The van der Waals surface area contributed by atoms with Crippen LogP contribution in [0, 0.1) is 5.92 Å². The van der Waals surface area contributed by atoms with E-state index in [4.69, 9.17) is 5.73 Å². The van der Waals surface area contributed by atoms with Gasteiger partial charge in [-0.05, 0) is 31.7 Å². The average Bonchev–Trinajstić information content (AvgIpc) is 3.31. The third kappa shape index (κ3) is 2.64. The van der Waals surface area contributed by atoms with Gasteiger partial charge in [0.15, 0.2) is 0 Å². The third-order valence-corrected chi connectivity index (χ3v) is 4.09. The van der Waals surface area contributed by atoms with Gasteiger partial charge in [0.1, 0.15) is 12.0 Å². The fraction of sp³-hybridized carbons (Fsp3) is 0.571. The summed E-state index contributed by atoms with van der Waals surface area (Å²) in [5.74, 6) is 0.338. The average molecular weight is 274 g/mol. The van der Waals surface area contributed by atoms with Gasteiger partial charge in [-0.25, -0.2) is 9.97 Å². The summed E-state index contributed by atoms with van der Waals surface area (Å²) in [6.45, 7) is 1.55. The van der Waals surface area contributed by atoms with Gasteiger partial charge < -0.3 is 10.6 Å². The standard InChI is InChI=1S/C14H18N4O2/c15-13(19)12-7-11(16-8-17-12)9-3-5-18(6-4-9)14(20)10-1-2-10/h7-10H,1-6H2,(H2,15,19). The largest absolute Gasteiger partial charge is 0.364 e. The normalized spacial score (nSPS) is 19.9. The first-order valence-corrected chi connectivity index (χ1v) is 7.05. The maximum absolute atomic E-state index is 12.0. The van der Waals surface area contributed by atoms with Gasteiger partial charge in [0.25, 0.3) is 5.91 Å². The molecule has 20 heavy (non-hydrogen) atoms. The summed E-state index contributed by atoms with van der Waals surface area (Å²) in [7, 11) is 0. The van der Waals surface area contributed by atoms with Gasteiger partial charge in [-0.15, -0.1) is 0 Å². The number of carbonyl (C=O) groups is 2. The highest BCUT2D eigenvalue weighted by Crippen LogP contribution is 2.34. The molecule has 6 nitrogen and oxygen atoms in total. The second-order valence-electron chi connectivity index (χ2n) is 5.57. The number of hydrogen-bond acceptors (Lipinski definition) is 4. The Morgan fingerprint density at radius 1 is 1.15 bits per heavy atom. The minimum absolute atomic E-state index is 0.256. The van der Waals surface area contributed by atoms with Crippen molar-refractivity contribution in [1.29, 1.82) is 0 Å². The molecule has 1 aliphatic heterocycles. The Balaban J connectivity index is 1.64. The van der Waals surface area contributed by atoms with Gasteiger partial charge in [0.2, 0.25) is 5.91 Å². The topological polar surface area (TPSA) is 89.2 Å². The van der Waals surface area contributed by atoms with Gasteiger partial charge in [0, 0.05) is 30.6 Å². The van der Waals surface area contributed by atoms with Crippen molar-refractivity contribution in [3.05, 3.63) is 23.8 Å². The number of amides is 2. The summed E-state index contributed by atoms with van der Waals surface area (Å²) in [4.78, 5) is 33.2. The number of rotatable bonds is 3. The maximum atomic E-state index is 12.0. The van der Waals surface area contributed by atoms with Crippen LogP contribution in [-0.2, 0) is 4.79 Å². The van der Waals surface area contributed by atoms with E-state index < -0.39 is 5.91 Å². The number of aromatic nitrogens is 2. The Hall–Kier alpha value is -1.98. The highest BCUT2D eigenvalue weighted by molar-refractivity contribution is 5.90. The highest BCUT2D eigenvalue weighted by atomic mass is 16.2. The van der Waals surface area contributed by atoms with E-state index in [1.807, 2.05) is 4.90 Å². The van der Waals surface area contributed by atoms with Crippen LogP contribution in [-0.4, -0.2) is 39.8 Å². The van der Waals surface area contributed by atoms with Crippen LogP contribution < -0.4 is 5.73 Å². The molecule has 2 heterocycles. The monoisotopic (exact) mass is 274 g/mol. The maximum Gasteiger partial charge on any atom is 0.267 e. The molecular formula is C14H18N4O2. The predicted molar refractivity (Wildman–Crippen MR) is 71.8 cm³/mol. The summed E-state index contributed by atoms with van der Waals surface area (Å²) >= 11 is 0. The third-order valence-electron chi connectivity index (χ3n) is 4.09. The van der Waals surface area contributed by atoms with Crippen LogP contribution in [0.15, 0.2) is 12.4 Å². The molecule has 0 unspecified atom stereocenters. The fourth-order valence-electron chi connectivity index (χ4n) is 2.71. The van der Waals surface area contributed by atoms with E-state index in [9.17, 15) is 9.59 Å². The van der Waals surface area contributed by atoms with Crippen LogP contribution in [0.5, 0.6) is 0 Å². The molecule has 2 N–H and O–H groups in total. The number of nitrogens with zero attached hydrogens (tertiary/aromatic N) is 3. The minimum atomic E-state index is -0.532. The van der Waals surface area contributed by atoms with E-state index >= 15 is 0 Å². The summed E-state index contributed by atoms with van der Waals surface area (Å²) in [5.41, 5.74) is 6.34. The zero-order valence-corrected chi connectivity index (χ0v) is 11.3. The van der Waals surface area contributed by atoms with Crippen LogP contribution in [0.1, 0.15) is 47.8 Å². The van der Waals surface area contributed by atoms with E-state index in [1.54, 1.807) is 6.07 Å². The van der Waals surface area contributed by atoms with E-state index in [1.165, 1.54) is 6.33 Å². The Morgan fingerprint density at radius 3 is 2.45 bits per heavy atom. The zero-order chi connectivity index (χ0) is 14.1. The van der Waals surface area contributed by atoms with E-state index in [0.717, 1.165) is 44.5 Å². The fourth-order valence-corrected chi connectivity index (χ4v) is 2.71. The van der Waals surface area contributed by atoms with Crippen molar-refractivity contribution in [2.75, 3.05) is 13.1 Å². The van der Waals surface area contributed by atoms with Crippen molar-refractivity contribution in [2.45, 2.75) is 31.6 Å². The molecule has 1 aliphatic carbocycles. The number of carbonyl (C=O) groups excluding carboxylic acids is 2. The number of primary amides is 1. The summed E-state index contributed by atoms with van der Waals surface area (Å²) in [5, 5.41) is 0. The molecule has 106 valence electrons. The van der Waals surface area contributed by atoms with Gasteiger partial charge in [-0.3, -0.25) is 9.59 Å². The molecule has 2 amide bonds. The lowest BCUT2D eigenvalue weighted by atomic mass is 9.92. The van der Waals surface area contributed by atoms with Gasteiger partial charge >= 0.3 is 0 Å². The number of piperidine rings is 1. The molecule has 0 atom stereocenters. The van der Waals surface area contributed by atoms with E-state index in [-0.39, 0.29) is 17.5 Å². The molecule has 0 aromatic carbocycles. The molecule has 1 saturated heterocycles. The molecule has 0 radical (unpaired) electrons. The second kappa shape index (κ2) is 5.19. The van der Waals surface area contributed by atoms with Crippen molar-refractivity contribution in [3.8, 4) is 0 Å². The van der Waals surface area contributed by atoms with Crippen molar-refractivity contribution >= 4 is 11.8 Å². The molecule has 0 spiro atoms. The SMILES string of the molecule is NC(=O)c1cc(C2CCN(C(=O)C3CC3)CC2)ncn1. The van der Waals surface area contributed by atoms with Crippen molar-refractivity contribution < 1.29 is 9.59 Å². The lowest BCUT2D eigenvalue weighted by Gasteiger charge is -2.31. The van der Waals surface area contributed by atoms with Crippen LogP contribution in [0.25, 0.3) is 0 Å². The van der Waals surface area contributed by atoms with E-state index in [2.05, 4.69) is 9.97 Å². The first-order chi connectivity index (χ1) is 9.65. The number of likely N-dealkylation sites (tertiary alicyclic amines) is 1. The minimum Gasteiger partial charge on any atom is -0.364 e. The lowest BCUT2D eigenvalue weighted by molar-refractivity contribution is -0.133. The predicted octanol–water partition coefficient (Wildman–Crippen LogP) is 0.691. The van der Waals surface area contributed by atoms with Gasteiger partial charge in [0.05, 0.1) is 0 Å².